The van der Waals surface area contributed by atoms with E-state index in [9.17, 15) is 8.42 Å². The fraction of sp³-hybridized carbons (Fsp3) is 0.667. The Kier molecular flexibility index (Phi) is 3.44. The Morgan fingerprint density at radius 2 is 2.41 bits per heavy atom. The molecular weight excluding hydrogens is 264 g/mol. The van der Waals surface area contributed by atoms with Gasteiger partial charge in [-0.15, -0.1) is 0 Å². The maximum absolute atomic E-state index is 11.5. The highest BCUT2D eigenvalue weighted by Crippen LogP contribution is 2.33. The van der Waals surface area contributed by atoms with Crippen molar-refractivity contribution in [1.82, 2.24) is 15.2 Å². The zero-order chi connectivity index (χ0) is 12.6. The Bertz CT molecular complexity index is 494. The topological polar surface area (TPSA) is 90.0 Å². The lowest BCUT2D eigenvalue weighted by Crippen LogP contribution is -2.35. The first kappa shape index (κ1) is 12.8. The minimum absolute atomic E-state index is 0.0575. The highest BCUT2D eigenvalue weighted by Gasteiger charge is 2.36. The Morgan fingerprint density at radius 1 is 1.71 bits per heavy atom. The van der Waals surface area contributed by atoms with Gasteiger partial charge in [-0.05, 0) is 12.3 Å². The zero-order valence-electron chi connectivity index (χ0n) is 9.43. The second-order valence-electron chi connectivity index (χ2n) is 4.31. The molecule has 0 bridgehead atoms. The van der Waals surface area contributed by atoms with Gasteiger partial charge in [0.05, 0.1) is 34.5 Å². The lowest BCUT2D eigenvalue weighted by molar-refractivity contribution is 0.379. The van der Waals surface area contributed by atoms with Crippen LogP contribution in [0.3, 0.4) is 0 Å². The van der Waals surface area contributed by atoms with E-state index in [0.29, 0.717) is 11.4 Å². The Balaban J connectivity index is 2.29. The maximum atomic E-state index is 11.5. The van der Waals surface area contributed by atoms with Gasteiger partial charge in [0.2, 0.25) is 0 Å². The second-order valence-corrected chi connectivity index (χ2v) is 6.94. The van der Waals surface area contributed by atoms with Crippen LogP contribution in [0.5, 0.6) is 0 Å². The van der Waals surface area contributed by atoms with E-state index in [0.717, 1.165) is 5.69 Å². The largest absolute Gasteiger partial charge is 0.271 e. The number of nitrogens with two attached hydrogens (primary N) is 1. The summed E-state index contributed by atoms with van der Waals surface area (Å²) < 4.78 is 24.6. The van der Waals surface area contributed by atoms with Gasteiger partial charge in [-0.25, -0.2) is 8.42 Å². The molecule has 2 unspecified atom stereocenters. The van der Waals surface area contributed by atoms with Crippen molar-refractivity contribution in [2.24, 2.45) is 18.8 Å². The molecule has 0 aliphatic carbocycles. The molecule has 6 nitrogen and oxygen atoms in total. The number of hydrogen-bond acceptors (Lipinski definition) is 5. The lowest BCUT2D eigenvalue weighted by Gasteiger charge is -2.22. The average molecular weight is 279 g/mol. The van der Waals surface area contributed by atoms with Gasteiger partial charge in [-0.3, -0.25) is 16.0 Å². The van der Waals surface area contributed by atoms with Gasteiger partial charge in [0.25, 0.3) is 0 Å². The van der Waals surface area contributed by atoms with Gasteiger partial charge in [0.15, 0.2) is 9.84 Å². The summed E-state index contributed by atoms with van der Waals surface area (Å²) >= 11 is 6.04. The number of aromatic nitrogens is 2. The first-order valence-electron chi connectivity index (χ1n) is 5.28. The van der Waals surface area contributed by atoms with Crippen LogP contribution in [0.1, 0.15) is 18.2 Å². The van der Waals surface area contributed by atoms with Gasteiger partial charge in [-0.2, -0.15) is 5.10 Å². The molecule has 0 amide bonds. The third-order valence-electron chi connectivity index (χ3n) is 3.15. The molecule has 0 saturated carbocycles. The standard InChI is InChI=1S/C9H15ClN4O2S/c1-14-9(7(10)4-12-14)8(13-11)6-2-3-17(15,16)5-6/h4,6,8,13H,2-3,5,11H2,1H3. The summed E-state index contributed by atoms with van der Waals surface area (Å²) in [5.41, 5.74) is 3.39. The van der Waals surface area contributed by atoms with E-state index in [2.05, 4.69) is 10.5 Å². The summed E-state index contributed by atoms with van der Waals surface area (Å²) in [5.74, 6) is 5.82. The number of nitrogens with zero attached hydrogens (tertiary/aromatic N) is 2. The Labute approximate surface area is 105 Å². The first-order chi connectivity index (χ1) is 7.94. The van der Waals surface area contributed by atoms with Crippen molar-refractivity contribution in [2.45, 2.75) is 12.5 Å². The van der Waals surface area contributed by atoms with Gasteiger partial charge >= 0.3 is 0 Å². The molecule has 1 saturated heterocycles. The minimum Gasteiger partial charge on any atom is -0.271 e. The van der Waals surface area contributed by atoms with E-state index < -0.39 is 9.84 Å². The summed E-state index contributed by atoms with van der Waals surface area (Å²) in [7, 11) is -1.18. The molecule has 1 fully saturated rings. The van der Waals surface area contributed by atoms with E-state index in [1.165, 1.54) is 6.20 Å². The van der Waals surface area contributed by atoms with Crippen LogP contribution in [-0.4, -0.2) is 29.7 Å². The number of aryl methyl sites for hydroxylation is 1. The summed E-state index contributed by atoms with van der Waals surface area (Å²) in [6, 6.07) is -0.285. The molecule has 8 heteroatoms. The van der Waals surface area contributed by atoms with Crippen LogP contribution in [0.2, 0.25) is 5.02 Å². The molecular formula is C9H15ClN4O2S. The predicted octanol–water partition coefficient (Wildman–Crippen LogP) is 0.0126. The Morgan fingerprint density at radius 3 is 2.82 bits per heavy atom. The highest BCUT2D eigenvalue weighted by atomic mass is 35.5. The van der Waals surface area contributed by atoms with E-state index in [1.807, 2.05) is 0 Å². The van der Waals surface area contributed by atoms with E-state index in [-0.39, 0.29) is 23.5 Å². The zero-order valence-corrected chi connectivity index (χ0v) is 11.0. The normalized spacial score (nSPS) is 25.0. The summed E-state index contributed by atoms with van der Waals surface area (Å²) in [5, 5.41) is 4.53. The van der Waals surface area contributed by atoms with E-state index >= 15 is 0 Å². The van der Waals surface area contributed by atoms with Crippen molar-refractivity contribution in [3.63, 3.8) is 0 Å². The summed E-state index contributed by atoms with van der Waals surface area (Å²) in [6.07, 6.45) is 2.13. The molecule has 0 radical (unpaired) electrons. The second kappa shape index (κ2) is 4.56. The third kappa shape index (κ3) is 2.47. The van der Waals surface area contributed by atoms with Crippen LogP contribution in [0.4, 0.5) is 0 Å². The number of hydrazine groups is 1. The smallest absolute Gasteiger partial charge is 0.150 e. The molecule has 2 heterocycles. The van der Waals surface area contributed by atoms with Crippen molar-refractivity contribution in [2.75, 3.05) is 11.5 Å². The molecule has 17 heavy (non-hydrogen) atoms. The van der Waals surface area contributed by atoms with Crippen LogP contribution in [0, 0.1) is 5.92 Å². The van der Waals surface area contributed by atoms with Crippen molar-refractivity contribution in [3.05, 3.63) is 16.9 Å². The van der Waals surface area contributed by atoms with Crippen LogP contribution in [0.25, 0.3) is 0 Å². The molecule has 1 aliphatic rings. The van der Waals surface area contributed by atoms with Crippen molar-refractivity contribution in [3.8, 4) is 0 Å². The number of hydrogen-bond donors (Lipinski definition) is 2. The van der Waals surface area contributed by atoms with E-state index in [4.69, 9.17) is 17.4 Å². The molecule has 0 spiro atoms. The highest BCUT2D eigenvalue weighted by molar-refractivity contribution is 7.91. The monoisotopic (exact) mass is 278 g/mol. The Hall–Kier alpha value is -0.630. The SMILES string of the molecule is Cn1ncc(Cl)c1C(NN)C1CCS(=O)(=O)C1. The van der Waals surface area contributed by atoms with Gasteiger partial charge < -0.3 is 0 Å². The van der Waals surface area contributed by atoms with Crippen LogP contribution in [0.15, 0.2) is 6.20 Å². The van der Waals surface area contributed by atoms with Gasteiger partial charge in [0, 0.05) is 7.05 Å². The van der Waals surface area contributed by atoms with Gasteiger partial charge in [-0.1, -0.05) is 11.6 Å². The molecule has 96 valence electrons. The molecule has 0 aromatic carbocycles. The fourth-order valence-corrected chi connectivity index (χ4v) is 4.42. The third-order valence-corrected chi connectivity index (χ3v) is 5.24. The molecule has 1 aromatic heterocycles. The van der Waals surface area contributed by atoms with E-state index in [1.54, 1.807) is 11.7 Å². The predicted molar refractivity (Wildman–Crippen MR) is 65.0 cm³/mol. The minimum atomic E-state index is -2.94. The van der Waals surface area contributed by atoms with Crippen LogP contribution in [-0.2, 0) is 16.9 Å². The van der Waals surface area contributed by atoms with Crippen molar-refractivity contribution < 1.29 is 8.42 Å². The lowest BCUT2D eigenvalue weighted by atomic mass is 9.97. The molecule has 2 rings (SSSR count). The molecule has 2 atom stereocenters. The summed E-state index contributed by atoms with van der Waals surface area (Å²) in [4.78, 5) is 0. The number of halogens is 1. The van der Waals surface area contributed by atoms with Crippen LogP contribution >= 0.6 is 11.6 Å². The molecule has 1 aliphatic heterocycles. The van der Waals surface area contributed by atoms with Crippen molar-refractivity contribution in [1.29, 1.82) is 0 Å². The van der Waals surface area contributed by atoms with Crippen molar-refractivity contribution >= 4 is 21.4 Å². The molecule has 1 aromatic rings. The average Bonchev–Trinajstić information content (AvgIpc) is 2.76. The quantitative estimate of drug-likeness (QED) is 0.601. The first-order valence-corrected chi connectivity index (χ1v) is 7.48. The number of sulfone groups is 1. The van der Waals surface area contributed by atoms with Gasteiger partial charge in [0.1, 0.15) is 0 Å². The number of nitrogens with one attached hydrogen (secondary N) is 1. The summed E-state index contributed by atoms with van der Waals surface area (Å²) in [6.45, 7) is 0. The fourth-order valence-electron chi connectivity index (χ4n) is 2.29. The van der Waals surface area contributed by atoms with Crippen LogP contribution < -0.4 is 11.3 Å². The maximum Gasteiger partial charge on any atom is 0.150 e. The number of rotatable bonds is 3. The molecule has 3 N–H and O–H groups in total.